The van der Waals surface area contributed by atoms with Crippen molar-refractivity contribution in [2.24, 2.45) is 5.73 Å². The molecule has 2 heterocycles. The van der Waals surface area contributed by atoms with Crippen LogP contribution in [0.3, 0.4) is 0 Å². The Balaban J connectivity index is 0.00000150. The molecule has 5 nitrogen and oxygen atoms in total. The molecule has 3 aliphatic rings. The Morgan fingerprint density at radius 3 is 2.45 bits per heavy atom. The molecule has 29 heavy (non-hydrogen) atoms. The summed E-state index contributed by atoms with van der Waals surface area (Å²) in [6, 6.07) is 10.7. The van der Waals surface area contributed by atoms with Gasteiger partial charge >= 0.3 is 0 Å². The van der Waals surface area contributed by atoms with Crippen LogP contribution in [0.5, 0.6) is 0 Å². The lowest BCUT2D eigenvalue weighted by atomic mass is 9.78. The molecule has 2 saturated heterocycles. The number of rotatable bonds is 4. The Kier molecular flexibility index (Phi) is 9.23. The molecule has 0 radical (unpaired) electrons. The number of carbonyl (C=O) groups is 1. The van der Waals surface area contributed by atoms with Gasteiger partial charge in [0, 0.05) is 38.3 Å². The number of carbonyl (C=O) groups excluding carboxylic acids is 1. The molecule has 2 atom stereocenters. The summed E-state index contributed by atoms with van der Waals surface area (Å²) in [5, 5.41) is 0. The lowest BCUT2D eigenvalue weighted by Crippen LogP contribution is -2.64. The molecule has 3 fully saturated rings. The molecule has 7 heteroatoms. The lowest BCUT2D eigenvalue weighted by molar-refractivity contribution is -0.150. The van der Waals surface area contributed by atoms with E-state index in [0.29, 0.717) is 6.54 Å². The monoisotopic (exact) mass is 443 g/mol. The van der Waals surface area contributed by atoms with Gasteiger partial charge in [-0.15, -0.1) is 24.8 Å². The van der Waals surface area contributed by atoms with E-state index in [1.54, 1.807) is 0 Å². The SMILES string of the molecule is Cl.Cl.NC[C@H]1CC[C@@H](C(=O)N2CCN(Cc3ccccc3)C3(CCCCC3)C2)O1. The van der Waals surface area contributed by atoms with Gasteiger partial charge in [-0.3, -0.25) is 9.69 Å². The van der Waals surface area contributed by atoms with Crippen LogP contribution in [0.4, 0.5) is 0 Å². The van der Waals surface area contributed by atoms with Crippen LogP contribution in [0.25, 0.3) is 0 Å². The molecule has 0 bridgehead atoms. The molecule has 1 aromatic rings. The maximum absolute atomic E-state index is 13.1. The average molecular weight is 444 g/mol. The number of nitrogens with zero attached hydrogens (tertiary/aromatic N) is 2. The number of hydrogen-bond donors (Lipinski definition) is 1. The van der Waals surface area contributed by atoms with Crippen LogP contribution in [0.2, 0.25) is 0 Å². The molecule has 164 valence electrons. The molecular formula is C22H35Cl2N3O2. The van der Waals surface area contributed by atoms with E-state index in [0.717, 1.165) is 39.0 Å². The van der Waals surface area contributed by atoms with Crippen molar-refractivity contribution < 1.29 is 9.53 Å². The van der Waals surface area contributed by atoms with Crippen molar-refractivity contribution in [3.05, 3.63) is 35.9 Å². The first kappa shape index (κ1) is 24.4. The fraction of sp³-hybridized carbons (Fsp3) is 0.682. The first-order valence-corrected chi connectivity index (χ1v) is 10.6. The second-order valence-corrected chi connectivity index (χ2v) is 8.51. The van der Waals surface area contributed by atoms with Gasteiger partial charge in [-0.2, -0.15) is 0 Å². The summed E-state index contributed by atoms with van der Waals surface area (Å²) in [7, 11) is 0. The van der Waals surface area contributed by atoms with Gasteiger partial charge < -0.3 is 15.4 Å². The number of nitrogens with two attached hydrogens (primary N) is 1. The Morgan fingerprint density at radius 1 is 1.07 bits per heavy atom. The van der Waals surface area contributed by atoms with Crippen LogP contribution in [0.15, 0.2) is 30.3 Å². The molecular weight excluding hydrogens is 409 g/mol. The van der Waals surface area contributed by atoms with Crippen LogP contribution in [-0.2, 0) is 16.1 Å². The van der Waals surface area contributed by atoms with Gasteiger partial charge in [-0.05, 0) is 31.2 Å². The van der Waals surface area contributed by atoms with E-state index in [1.807, 2.05) is 0 Å². The Hall–Kier alpha value is -0.850. The molecule has 2 N–H and O–H groups in total. The van der Waals surface area contributed by atoms with Gasteiger partial charge in [0.2, 0.25) is 0 Å². The van der Waals surface area contributed by atoms with Crippen molar-refractivity contribution in [2.75, 3.05) is 26.2 Å². The minimum atomic E-state index is -0.278. The van der Waals surface area contributed by atoms with Crippen molar-refractivity contribution in [3.8, 4) is 0 Å². The number of piperazine rings is 1. The smallest absolute Gasteiger partial charge is 0.251 e. The Labute approximate surface area is 187 Å². The van der Waals surface area contributed by atoms with Crippen LogP contribution < -0.4 is 5.73 Å². The largest absolute Gasteiger partial charge is 0.364 e. The molecule has 0 aromatic heterocycles. The van der Waals surface area contributed by atoms with Gasteiger partial charge in [0.25, 0.3) is 5.91 Å². The Morgan fingerprint density at radius 2 is 1.79 bits per heavy atom. The fourth-order valence-electron chi connectivity index (χ4n) is 5.20. The number of amides is 1. The summed E-state index contributed by atoms with van der Waals surface area (Å²) >= 11 is 0. The lowest BCUT2D eigenvalue weighted by Gasteiger charge is -2.53. The van der Waals surface area contributed by atoms with Gasteiger partial charge in [-0.25, -0.2) is 0 Å². The molecule has 1 aromatic carbocycles. The van der Waals surface area contributed by atoms with E-state index >= 15 is 0 Å². The van der Waals surface area contributed by atoms with Gasteiger partial charge in [0.15, 0.2) is 0 Å². The standard InChI is InChI=1S/C22H33N3O2.2ClH/c23-15-19-9-10-20(27-19)21(26)24-13-14-25(16-18-7-3-1-4-8-18)22(17-24)11-5-2-6-12-22;;/h1,3-4,7-8,19-20H,2,5-6,9-17,23H2;2*1H/t19-,20+;;/m1../s1. The summed E-state index contributed by atoms with van der Waals surface area (Å²) in [6.07, 6.45) is 7.75. The highest BCUT2D eigenvalue weighted by Crippen LogP contribution is 2.38. The molecule has 1 amide bonds. The molecule has 1 spiro atoms. The third-order valence-electron chi connectivity index (χ3n) is 6.75. The summed E-state index contributed by atoms with van der Waals surface area (Å²) < 4.78 is 5.89. The van der Waals surface area contributed by atoms with E-state index in [1.165, 1.54) is 37.7 Å². The van der Waals surface area contributed by atoms with Crippen molar-refractivity contribution in [3.63, 3.8) is 0 Å². The molecule has 4 rings (SSSR count). The topological polar surface area (TPSA) is 58.8 Å². The van der Waals surface area contributed by atoms with E-state index in [9.17, 15) is 4.79 Å². The van der Waals surface area contributed by atoms with Crippen molar-refractivity contribution >= 4 is 30.7 Å². The molecule has 1 saturated carbocycles. The fourth-order valence-corrected chi connectivity index (χ4v) is 5.20. The highest BCUT2D eigenvalue weighted by Gasteiger charge is 2.45. The highest BCUT2D eigenvalue weighted by molar-refractivity contribution is 5.85. The first-order valence-electron chi connectivity index (χ1n) is 10.6. The average Bonchev–Trinajstić information content (AvgIpc) is 3.20. The predicted octanol–water partition coefficient (Wildman–Crippen LogP) is 3.38. The van der Waals surface area contributed by atoms with Crippen LogP contribution in [0, 0.1) is 0 Å². The van der Waals surface area contributed by atoms with Crippen molar-refractivity contribution in [2.45, 2.75) is 69.2 Å². The van der Waals surface area contributed by atoms with Crippen LogP contribution in [-0.4, -0.2) is 59.6 Å². The molecule has 0 unspecified atom stereocenters. The number of hydrogen-bond acceptors (Lipinski definition) is 4. The number of halogens is 2. The zero-order valence-electron chi connectivity index (χ0n) is 17.1. The zero-order chi connectivity index (χ0) is 18.7. The minimum absolute atomic E-state index is 0. The second kappa shape index (κ2) is 11.0. The van der Waals surface area contributed by atoms with Gasteiger partial charge in [0.1, 0.15) is 6.10 Å². The maximum Gasteiger partial charge on any atom is 0.251 e. The summed E-state index contributed by atoms with van der Waals surface area (Å²) in [4.78, 5) is 17.8. The first-order chi connectivity index (χ1) is 13.2. The zero-order valence-corrected chi connectivity index (χ0v) is 18.8. The van der Waals surface area contributed by atoms with E-state index in [4.69, 9.17) is 10.5 Å². The highest BCUT2D eigenvalue weighted by atomic mass is 35.5. The minimum Gasteiger partial charge on any atom is -0.364 e. The predicted molar refractivity (Wildman–Crippen MR) is 121 cm³/mol. The third-order valence-corrected chi connectivity index (χ3v) is 6.75. The number of ether oxygens (including phenoxy) is 1. The maximum atomic E-state index is 13.1. The van der Waals surface area contributed by atoms with E-state index in [2.05, 4.69) is 40.1 Å². The van der Waals surface area contributed by atoms with E-state index in [-0.39, 0.29) is 48.5 Å². The summed E-state index contributed by atoms with van der Waals surface area (Å²) in [5.74, 6) is 0.190. The van der Waals surface area contributed by atoms with Crippen LogP contribution >= 0.6 is 24.8 Å². The molecule has 2 aliphatic heterocycles. The summed E-state index contributed by atoms with van der Waals surface area (Å²) in [5.41, 5.74) is 7.22. The van der Waals surface area contributed by atoms with Gasteiger partial charge in [-0.1, -0.05) is 49.6 Å². The third kappa shape index (κ3) is 5.45. The van der Waals surface area contributed by atoms with Crippen molar-refractivity contribution in [1.82, 2.24) is 9.80 Å². The molecule has 1 aliphatic carbocycles. The van der Waals surface area contributed by atoms with E-state index < -0.39 is 0 Å². The quantitative estimate of drug-likeness (QED) is 0.774. The van der Waals surface area contributed by atoms with Gasteiger partial charge in [0.05, 0.1) is 6.10 Å². The number of benzene rings is 1. The normalized spacial score (nSPS) is 26.6. The Bertz CT molecular complexity index is 640. The van der Waals surface area contributed by atoms with Crippen LogP contribution in [0.1, 0.15) is 50.5 Å². The summed E-state index contributed by atoms with van der Waals surface area (Å²) in [6.45, 7) is 4.11. The second-order valence-electron chi connectivity index (χ2n) is 8.51. The van der Waals surface area contributed by atoms with Crippen molar-refractivity contribution in [1.29, 1.82) is 0 Å².